The van der Waals surface area contributed by atoms with Crippen LogP contribution in [0.2, 0.25) is 5.02 Å². The summed E-state index contributed by atoms with van der Waals surface area (Å²) in [6.45, 7) is 3.87. The molecule has 0 bridgehead atoms. The zero-order chi connectivity index (χ0) is 18.7. The molecule has 0 radical (unpaired) electrons. The summed E-state index contributed by atoms with van der Waals surface area (Å²) in [5.74, 6) is -1.09. The highest BCUT2D eigenvalue weighted by Gasteiger charge is 2.18. The van der Waals surface area contributed by atoms with E-state index >= 15 is 0 Å². The summed E-state index contributed by atoms with van der Waals surface area (Å²) in [5, 5.41) is 6.41. The molecule has 0 saturated carbocycles. The predicted octanol–water partition coefficient (Wildman–Crippen LogP) is 2.06. The van der Waals surface area contributed by atoms with Gasteiger partial charge in [0.05, 0.1) is 23.4 Å². The summed E-state index contributed by atoms with van der Waals surface area (Å²) in [5.41, 5.74) is 7.50. The molecule has 2 heterocycles. The van der Waals surface area contributed by atoms with Gasteiger partial charge in [0, 0.05) is 24.3 Å². The lowest BCUT2D eigenvalue weighted by Crippen LogP contribution is -2.33. The summed E-state index contributed by atoms with van der Waals surface area (Å²) in [6.07, 6.45) is -0.0630. The molecule has 0 aliphatic carbocycles. The standard InChI is InChI=1S/C18H19ClN4O3/c1-10-6-12(8-15(22-10)17(20)24)18(25)23-14-3-2-11(7-13(14)19)16-9-21-4-5-26-16/h2-3,6-8,16,21H,4-5,9H2,1H3,(H2,20,24)(H,23,25). The first kappa shape index (κ1) is 18.3. The van der Waals surface area contributed by atoms with E-state index in [0.29, 0.717) is 29.6 Å². The van der Waals surface area contributed by atoms with Gasteiger partial charge in [-0.15, -0.1) is 0 Å². The highest BCUT2D eigenvalue weighted by molar-refractivity contribution is 6.34. The van der Waals surface area contributed by atoms with E-state index in [0.717, 1.165) is 12.1 Å². The van der Waals surface area contributed by atoms with Gasteiger partial charge in [-0.3, -0.25) is 9.59 Å². The van der Waals surface area contributed by atoms with E-state index in [1.807, 2.05) is 6.07 Å². The molecule has 4 N–H and O–H groups in total. The summed E-state index contributed by atoms with van der Waals surface area (Å²) in [6, 6.07) is 8.31. The van der Waals surface area contributed by atoms with Gasteiger partial charge in [-0.2, -0.15) is 0 Å². The first-order valence-electron chi connectivity index (χ1n) is 8.15. The van der Waals surface area contributed by atoms with Crippen LogP contribution in [-0.2, 0) is 4.74 Å². The Hall–Kier alpha value is -2.48. The molecule has 136 valence electrons. The molecular weight excluding hydrogens is 356 g/mol. The van der Waals surface area contributed by atoms with Crippen LogP contribution < -0.4 is 16.4 Å². The highest BCUT2D eigenvalue weighted by Crippen LogP contribution is 2.28. The minimum absolute atomic E-state index is 0.0403. The van der Waals surface area contributed by atoms with Crippen LogP contribution in [0.25, 0.3) is 0 Å². The fourth-order valence-electron chi connectivity index (χ4n) is 2.73. The average Bonchev–Trinajstić information content (AvgIpc) is 2.63. The van der Waals surface area contributed by atoms with Crippen LogP contribution in [0.1, 0.15) is 38.2 Å². The van der Waals surface area contributed by atoms with Crippen molar-refractivity contribution in [3.05, 3.63) is 57.9 Å². The zero-order valence-electron chi connectivity index (χ0n) is 14.2. The number of carbonyl (C=O) groups excluding carboxylic acids is 2. The number of nitrogens with two attached hydrogens (primary N) is 1. The number of aromatic nitrogens is 1. The number of aryl methyl sites for hydroxylation is 1. The Balaban J connectivity index is 1.78. The summed E-state index contributed by atoms with van der Waals surface area (Å²) < 4.78 is 5.70. The number of carbonyl (C=O) groups is 2. The van der Waals surface area contributed by atoms with E-state index in [2.05, 4.69) is 15.6 Å². The van der Waals surface area contributed by atoms with E-state index < -0.39 is 11.8 Å². The second kappa shape index (κ2) is 7.82. The minimum atomic E-state index is -0.689. The van der Waals surface area contributed by atoms with Gasteiger partial charge in [-0.1, -0.05) is 17.7 Å². The van der Waals surface area contributed by atoms with Crippen LogP contribution in [0.5, 0.6) is 0 Å². The SMILES string of the molecule is Cc1cc(C(=O)Nc2ccc(C3CNCCO3)cc2Cl)cc(C(N)=O)n1. The molecular formula is C18H19ClN4O3. The smallest absolute Gasteiger partial charge is 0.267 e. The summed E-state index contributed by atoms with van der Waals surface area (Å²) in [4.78, 5) is 27.8. The molecule has 1 aliphatic heterocycles. The van der Waals surface area contributed by atoms with Gasteiger partial charge in [0.15, 0.2) is 0 Å². The number of primary amides is 1. The average molecular weight is 375 g/mol. The topological polar surface area (TPSA) is 106 Å². The summed E-state index contributed by atoms with van der Waals surface area (Å²) >= 11 is 6.32. The quantitative estimate of drug-likeness (QED) is 0.759. The van der Waals surface area contributed by atoms with Gasteiger partial charge >= 0.3 is 0 Å². The third-order valence-electron chi connectivity index (χ3n) is 4.01. The molecule has 7 nitrogen and oxygen atoms in total. The van der Waals surface area contributed by atoms with Gasteiger partial charge in [-0.05, 0) is 36.8 Å². The van der Waals surface area contributed by atoms with Crippen LogP contribution in [0.3, 0.4) is 0 Å². The van der Waals surface area contributed by atoms with Crippen molar-refractivity contribution in [3.63, 3.8) is 0 Å². The Kier molecular flexibility index (Phi) is 5.51. The molecule has 1 fully saturated rings. The lowest BCUT2D eigenvalue weighted by atomic mass is 10.1. The van der Waals surface area contributed by atoms with Gasteiger partial charge < -0.3 is 21.1 Å². The molecule has 26 heavy (non-hydrogen) atoms. The van der Waals surface area contributed by atoms with E-state index in [-0.39, 0.29) is 17.4 Å². The maximum Gasteiger partial charge on any atom is 0.267 e. The minimum Gasteiger partial charge on any atom is -0.371 e. The zero-order valence-corrected chi connectivity index (χ0v) is 15.0. The molecule has 2 amide bonds. The molecule has 8 heteroatoms. The third-order valence-corrected chi connectivity index (χ3v) is 4.32. The largest absolute Gasteiger partial charge is 0.371 e. The fourth-order valence-corrected chi connectivity index (χ4v) is 2.97. The van der Waals surface area contributed by atoms with Crippen molar-refractivity contribution in [1.82, 2.24) is 10.3 Å². The van der Waals surface area contributed by atoms with Crippen LogP contribution in [0.4, 0.5) is 5.69 Å². The first-order chi connectivity index (χ1) is 12.4. The number of pyridine rings is 1. The number of rotatable bonds is 4. The van der Waals surface area contributed by atoms with Crippen LogP contribution in [0.15, 0.2) is 30.3 Å². The third kappa shape index (κ3) is 4.19. The molecule has 2 aromatic rings. The van der Waals surface area contributed by atoms with Crippen molar-refractivity contribution in [2.45, 2.75) is 13.0 Å². The van der Waals surface area contributed by atoms with E-state index in [1.165, 1.54) is 6.07 Å². The maximum atomic E-state index is 12.5. The highest BCUT2D eigenvalue weighted by atomic mass is 35.5. The molecule has 1 aromatic carbocycles. The normalized spacial score (nSPS) is 16.9. The number of hydrogen-bond acceptors (Lipinski definition) is 5. The van der Waals surface area contributed by atoms with Crippen molar-refractivity contribution in [2.24, 2.45) is 5.73 Å². The van der Waals surface area contributed by atoms with Crippen molar-refractivity contribution in [1.29, 1.82) is 0 Å². The number of benzene rings is 1. The Morgan fingerprint density at radius 3 is 2.81 bits per heavy atom. The van der Waals surface area contributed by atoms with Gasteiger partial charge in [0.1, 0.15) is 5.69 Å². The van der Waals surface area contributed by atoms with Crippen molar-refractivity contribution >= 4 is 29.1 Å². The number of ether oxygens (including phenoxy) is 1. The van der Waals surface area contributed by atoms with Gasteiger partial charge in [0.2, 0.25) is 0 Å². The molecule has 1 aliphatic rings. The molecule has 0 spiro atoms. The number of anilines is 1. The Labute approximate surface area is 155 Å². The molecule has 1 unspecified atom stereocenters. The Morgan fingerprint density at radius 1 is 1.35 bits per heavy atom. The van der Waals surface area contributed by atoms with Crippen molar-refractivity contribution < 1.29 is 14.3 Å². The monoisotopic (exact) mass is 374 g/mol. The Bertz CT molecular complexity index is 850. The predicted molar refractivity (Wildman–Crippen MR) is 98.5 cm³/mol. The Morgan fingerprint density at radius 2 is 2.15 bits per heavy atom. The van der Waals surface area contributed by atoms with E-state index in [1.54, 1.807) is 25.1 Å². The summed E-state index contributed by atoms with van der Waals surface area (Å²) in [7, 11) is 0. The maximum absolute atomic E-state index is 12.5. The van der Waals surface area contributed by atoms with Gasteiger partial charge in [-0.25, -0.2) is 4.98 Å². The molecule has 3 rings (SSSR count). The van der Waals surface area contributed by atoms with Crippen LogP contribution >= 0.6 is 11.6 Å². The first-order valence-corrected chi connectivity index (χ1v) is 8.53. The molecule has 1 saturated heterocycles. The molecule has 1 aromatic heterocycles. The lowest BCUT2D eigenvalue weighted by molar-refractivity contribution is 0.0277. The number of nitrogens with zero attached hydrogens (tertiary/aromatic N) is 1. The number of halogens is 1. The van der Waals surface area contributed by atoms with Crippen LogP contribution in [0, 0.1) is 6.92 Å². The van der Waals surface area contributed by atoms with Crippen molar-refractivity contribution in [2.75, 3.05) is 25.0 Å². The second-order valence-electron chi connectivity index (χ2n) is 6.00. The van der Waals surface area contributed by atoms with E-state index in [4.69, 9.17) is 22.1 Å². The number of nitrogens with one attached hydrogen (secondary N) is 2. The number of hydrogen-bond donors (Lipinski definition) is 3. The number of amides is 2. The van der Waals surface area contributed by atoms with Crippen LogP contribution in [-0.4, -0.2) is 36.5 Å². The molecule has 1 atom stereocenters. The second-order valence-corrected chi connectivity index (χ2v) is 6.41. The van der Waals surface area contributed by atoms with Gasteiger partial charge in [0.25, 0.3) is 11.8 Å². The van der Waals surface area contributed by atoms with E-state index in [9.17, 15) is 9.59 Å². The fraction of sp³-hybridized carbons (Fsp3) is 0.278. The van der Waals surface area contributed by atoms with Crippen molar-refractivity contribution in [3.8, 4) is 0 Å². The lowest BCUT2D eigenvalue weighted by Gasteiger charge is -2.24. The number of morpholine rings is 1.